The van der Waals surface area contributed by atoms with Gasteiger partial charge in [0.15, 0.2) is 0 Å². The molecule has 1 N–H and O–H groups in total. The van der Waals surface area contributed by atoms with Crippen LogP contribution in [0.4, 0.5) is 0 Å². The number of hydrogen-bond donors (Lipinski definition) is 1. The average molecular weight is 215 g/mol. The minimum atomic E-state index is -0.106. The highest BCUT2D eigenvalue weighted by Crippen LogP contribution is 2.13. The molecule has 2 aromatic rings. The third-order valence-corrected chi connectivity index (χ3v) is 2.40. The first-order valence-corrected chi connectivity index (χ1v) is 5.12. The Kier molecular flexibility index (Phi) is 3.05. The lowest BCUT2D eigenvalue weighted by Gasteiger charge is -2.07. The zero-order chi connectivity index (χ0) is 11.4. The third-order valence-electron chi connectivity index (χ3n) is 2.40. The molecule has 0 aliphatic rings. The van der Waals surface area contributed by atoms with E-state index in [4.69, 9.17) is 4.74 Å². The summed E-state index contributed by atoms with van der Waals surface area (Å²) in [5.41, 5.74) is 1.59. The third kappa shape index (κ3) is 2.31. The van der Waals surface area contributed by atoms with E-state index in [-0.39, 0.29) is 5.56 Å². The molecule has 1 aromatic heterocycles. The Hall–Kier alpha value is -2.03. The number of benzene rings is 1. The number of rotatable bonds is 3. The number of aromatic nitrogens is 1. The molecule has 0 unspecified atom stereocenters. The molecule has 0 aliphatic heterocycles. The van der Waals surface area contributed by atoms with Crippen LogP contribution in [0.25, 0.3) is 0 Å². The Balaban J connectivity index is 2.11. The Labute approximate surface area is 93.7 Å². The zero-order valence-corrected chi connectivity index (χ0v) is 9.07. The van der Waals surface area contributed by atoms with Gasteiger partial charge in [-0.2, -0.15) is 0 Å². The number of hydrogen-bond acceptors (Lipinski definition) is 2. The van der Waals surface area contributed by atoms with Crippen LogP contribution in [0.1, 0.15) is 11.1 Å². The summed E-state index contributed by atoms with van der Waals surface area (Å²) >= 11 is 0. The van der Waals surface area contributed by atoms with Crippen molar-refractivity contribution in [2.75, 3.05) is 0 Å². The molecule has 1 heterocycles. The fourth-order valence-electron chi connectivity index (χ4n) is 1.43. The van der Waals surface area contributed by atoms with E-state index in [9.17, 15) is 4.79 Å². The summed E-state index contributed by atoms with van der Waals surface area (Å²) in [5, 5.41) is 0. The van der Waals surface area contributed by atoms with Gasteiger partial charge in [-0.15, -0.1) is 0 Å². The largest absolute Gasteiger partial charge is 0.488 e. The zero-order valence-electron chi connectivity index (χ0n) is 9.07. The predicted octanol–water partition coefficient (Wildman–Crippen LogP) is 2.26. The van der Waals surface area contributed by atoms with Gasteiger partial charge >= 0.3 is 0 Å². The minimum Gasteiger partial charge on any atom is -0.488 e. The van der Waals surface area contributed by atoms with Crippen LogP contribution in [-0.2, 0) is 6.61 Å². The number of aromatic amines is 1. The van der Waals surface area contributed by atoms with E-state index < -0.39 is 0 Å². The number of H-pyrrole nitrogens is 1. The standard InChI is InChI=1S/C13H13NO2/c1-10-12(7-8-14-13(10)15)16-9-11-5-3-2-4-6-11/h2-8H,9H2,1H3,(H,14,15). The normalized spacial score (nSPS) is 10.1. The molecule has 0 spiro atoms. The topological polar surface area (TPSA) is 42.1 Å². The highest BCUT2D eigenvalue weighted by atomic mass is 16.5. The van der Waals surface area contributed by atoms with Crippen molar-refractivity contribution < 1.29 is 4.74 Å². The second kappa shape index (κ2) is 4.66. The van der Waals surface area contributed by atoms with E-state index in [1.54, 1.807) is 19.2 Å². The maximum atomic E-state index is 11.3. The molecule has 0 saturated heterocycles. The van der Waals surface area contributed by atoms with Gasteiger partial charge in [-0.1, -0.05) is 30.3 Å². The van der Waals surface area contributed by atoms with E-state index in [0.29, 0.717) is 17.9 Å². The van der Waals surface area contributed by atoms with Crippen LogP contribution in [0, 0.1) is 6.92 Å². The fourth-order valence-corrected chi connectivity index (χ4v) is 1.43. The molecule has 82 valence electrons. The smallest absolute Gasteiger partial charge is 0.254 e. The van der Waals surface area contributed by atoms with Crippen molar-refractivity contribution >= 4 is 0 Å². The molecule has 16 heavy (non-hydrogen) atoms. The number of pyridine rings is 1. The fraction of sp³-hybridized carbons (Fsp3) is 0.154. The monoisotopic (exact) mass is 215 g/mol. The van der Waals surface area contributed by atoms with Crippen molar-refractivity contribution in [2.45, 2.75) is 13.5 Å². The Morgan fingerprint density at radius 1 is 1.19 bits per heavy atom. The first-order chi connectivity index (χ1) is 7.77. The van der Waals surface area contributed by atoms with Gasteiger partial charge in [-0.05, 0) is 18.6 Å². The second-order valence-corrected chi connectivity index (χ2v) is 3.57. The molecule has 2 rings (SSSR count). The summed E-state index contributed by atoms with van der Waals surface area (Å²) in [6, 6.07) is 11.6. The van der Waals surface area contributed by atoms with Crippen LogP contribution < -0.4 is 10.3 Å². The van der Waals surface area contributed by atoms with Gasteiger partial charge in [0.25, 0.3) is 5.56 Å². The Bertz CT molecular complexity index is 517. The van der Waals surface area contributed by atoms with Gasteiger partial charge in [0.2, 0.25) is 0 Å². The van der Waals surface area contributed by atoms with E-state index in [1.807, 2.05) is 30.3 Å². The molecule has 3 heteroatoms. The van der Waals surface area contributed by atoms with Gasteiger partial charge in [-0.25, -0.2) is 0 Å². The second-order valence-electron chi connectivity index (χ2n) is 3.57. The summed E-state index contributed by atoms with van der Waals surface area (Å²) in [5.74, 6) is 0.632. The van der Waals surface area contributed by atoms with Crippen molar-refractivity contribution in [1.29, 1.82) is 0 Å². The van der Waals surface area contributed by atoms with Gasteiger partial charge in [-0.3, -0.25) is 4.79 Å². The average Bonchev–Trinajstić information content (AvgIpc) is 2.32. The summed E-state index contributed by atoms with van der Waals surface area (Å²) in [7, 11) is 0. The van der Waals surface area contributed by atoms with Gasteiger partial charge < -0.3 is 9.72 Å². The van der Waals surface area contributed by atoms with Crippen molar-refractivity contribution in [3.05, 3.63) is 64.1 Å². The SMILES string of the molecule is Cc1c(OCc2ccccc2)cc[nH]c1=O. The molecular weight excluding hydrogens is 202 g/mol. The highest BCUT2D eigenvalue weighted by Gasteiger charge is 2.02. The molecule has 0 fully saturated rings. The molecule has 0 atom stereocenters. The van der Waals surface area contributed by atoms with Crippen molar-refractivity contribution in [3.63, 3.8) is 0 Å². The molecule has 0 saturated carbocycles. The molecular formula is C13H13NO2. The van der Waals surface area contributed by atoms with E-state index in [2.05, 4.69) is 4.98 Å². The Morgan fingerprint density at radius 3 is 2.69 bits per heavy atom. The van der Waals surface area contributed by atoms with Crippen LogP contribution in [0.5, 0.6) is 5.75 Å². The highest BCUT2D eigenvalue weighted by molar-refractivity contribution is 5.29. The van der Waals surface area contributed by atoms with Crippen molar-refractivity contribution in [1.82, 2.24) is 4.98 Å². The van der Waals surface area contributed by atoms with Crippen LogP contribution in [-0.4, -0.2) is 4.98 Å². The maximum absolute atomic E-state index is 11.3. The first kappa shape index (κ1) is 10.5. The van der Waals surface area contributed by atoms with Crippen LogP contribution in [0.3, 0.4) is 0 Å². The van der Waals surface area contributed by atoms with Crippen LogP contribution in [0.15, 0.2) is 47.4 Å². The van der Waals surface area contributed by atoms with Gasteiger partial charge in [0.05, 0.1) is 5.56 Å². The van der Waals surface area contributed by atoms with E-state index >= 15 is 0 Å². The summed E-state index contributed by atoms with van der Waals surface area (Å²) < 4.78 is 5.58. The predicted molar refractivity (Wildman–Crippen MR) is 62.6 cm³/mol. The molecule has 1 aromatic carbocycles. The maximum Gasteiger partial charge on any atom is 0.254 e. The van der Waals surface area contributed by atoms with E-state index in [1.165, 1.54) is 0 Å². The number of nitrogens with one attached hydrogen (secondary N) is 1. The quantitative estimate of drug-likeness (QED) is 0.853. The summed E-state index contributed by atoms with van der Waals surface area (Å²) in [4.78, 5) is 13.9. The molecule has 3 nitrogen and oxygen atoms in total. The molecule has 0 amide bonds. The molecule has 0 radical (unpaired) electrons. The number of ether oxygens (including phenoxy) is 1. The molecule has 0 aliphatic carbocycles. The van der Waals surface area contributed by atoms with Gasteiger partial charge in [0, 0.05) is 6.20 Å². The van der Waals surface area contributed by atoms with Crippen molar-refractivity contribution in [3.8, 4) is 5.75 Å². The Morgan fingerprint density at radius 2 is 1.94 bits per heavy atom. The van der Waals surface area contributed by atoms with E-state index in [0.717, 1.165) is 5.56 Å². The van der Waals surface area contributed by atoms with Crippen LogP contribution in [0.2, 0.25) is 0 Å². The van der Waals surface area contributed by atoms with Crippen molar-refractivity contribution in [2.24, 2.45) is 0 Å². The summed E-state index contributed by atoms with van der Waals surface area (Å²) in [6.07, 6.45) is 1.59. The van der Waals surface area contributed by atoms with Crippen LogP contribution >= 0.6 is 0 Å². The summed E-state index contributed by atoms with van der Waals surface area (Å²) in [6.45, 7) is 2.23. The lowest BCUT2D eigenvalue weighted by Crippen LogP contribution is -2.10. The minimum absolute atomic E-state index is 0.106. The lowest BCUT2D eigenvalue weighted by molar-refractivity contribution is 0.303. The molecule has 0 bridgehead atoms. The van der Waals surface area contributed by atoms with Gasteiger partial charge in [0.1, 0.15) is 12.4 Å². The first-order valence-electron chi connectivity index (χ1n) is 5.12. The lowest BCUT2D eigenvalue weighted by atomic mass is 10.2.